The van der Waals surface area contributed by atoms with Crippen LogP contribution in [0.1, 0.15) is 40.5 Å². The van der Waals surface area contributed by atoms with Gasteiger partial charge in [-0.2, -0.15) is 0 Å². The van der Waals surface area contributed by atoms with Crippen molar-refractivity contribution in [3.8, 4) is 0 Å². The van der Waals surface area contributed by atoms with Crippen molar-refractivity contribution in [1.82, 2.24) is 0 Å². The molecule has 2 N–H and O–H groups in total. The van der Waals surface area contributed by atoms with Crippen LogP contribution in [-0.2, 0) is 47.6 Å². The lowest BCUT2D eigenvalue weighted by Crippen LogP contribution is -2.61. The minimum absolute atomic E-state index is 0.0568. The van der Waals surface area contributed by atoms with Gasteiger partial charge in [-0.25, -0.2) is 0 Å². The first-order valence-corrected chi connectivity index (χ1v) is 10.4. The summed E-state index contributed by atoms with van der Waals surface area (Å²) in [6, 6.07) is 0. The van der Waals surface area contributed by atoms with Gasteiger partial charge in [0.25, 0.3) is 0 Å². The highest BCUT2D eigenvalue weighted by molar-refractivity contribution is 5.94. The minimum Gasteiger partial charge on any atom is -0.465 e. The summed E-state index contributed by atoms with van der Waals surface area (Å²) in [5, 5.41) is 19.8. The third kappa shape index (κ3) is 8.34. The van der Waals surface area contributed by atoms with Gasteiger partial charge in [-0.1, -0.05) is 0 Å². The van der Waals surface area contributed by atoms with Gasteiger partial charge in [0.15, 0.2) is 24.4 Å². The molecule has 5 atom stereocenters. The first kappa shape index (κ1) is 27.8. The van der Waals surface area contributed by atoms with Crippen molar-refractivity contribution in [2.75, 3.05) is 26.4 Å². The second-order valence-electron chi connectivity index (χ2n) is 6.93. The molecule has 0 spiro atoms. The van der Waals surface area contributed by atoms with Crippen molar-refractivity contribution >= 4 is 23.9 Å². The van der Waals surface area contributed by atoms with E-state index < -0.39 is 67.1 Å². The second kappa shape index (κ2) is 14.0. The smallest absolute Gasteiger partial charge is 0.320 e. The number of hydrogen-bond acceptors (Lipinski definition) is 12. The summed E-state index contributed by atoms with van der Waals surface area (Å²) in [5.74, 6) is -4.03. The molecule has 0 aromatic rings. The molecule has 1 fully saturated rings. The second-order valence-corrected chi connectivity index (χ2v) is 6.93. The maximum atomic E-state index is 12.0. The van der Waals surface area contributed by atoms with Crippen LogP contribution >= 0.6 is 0 Å². The zero-order valence-electron chi connectivity index (χ0n) is 18.7. The van der Waals surface area contributed by atoms with Crippen LogP contribution in [0.15, 0.2) is 0 Å². The van der Waals surface area contributed by atoms with Crippen LogP contribution in [-0.4, -0.2) is 91.2 Å². The number of aliphatic hydroxyl groups is 2. The Balaban J connectivity index is 2.84. The fourth-order valence-electron chi connectivity index (χ4n) is 3.12. The Kier molecular flexibility index (Phi) is 12.1. The topological polar surface area (TPSA) is 164 Å². The summed E-state index contributed by atoms with van der Waals surface area (Å²) in [6.07, 6.45) is -6.30. The van der Waals surface area contributed by atoms with E-state index in [2.05, 4.69) is 0 Å². The molecule has 1 saturated heterocycles. The predicted molar refractivity (Wildman–Crippen MR) is 105 cm³/mol. The molecule has 0 saturated carbocycles. The van der Waals surface area contributed by atoms with Crippen LogP contribution < -0.4 is 0 Å². The molecule has 1 unspecified atom stereocenters. The van der Waals surface area contributed by atoms with Gasteiger partial charge in [-0.15, -0.1) is 0 Å². The number of ether oxygens (including phenoxy) is 6. The molecule has 0 aromatic heterocycles. The molecule has 1 heterocycles. The van der Waals surface area contributed by atoms with Crippen molar-refractivity contribution in [2.45, 2.75) is 71.2 Å². The lowest BCUT2D eigenvalue weighted by molar-refractivity contribution is -0.306. The van der Waals surface area contributed by atoms with Gasteiger partial charge >= 0.3 is 23.9 Å². The van der Waals surface area contributed by atoms with Gasteiger partial charge in [-0.3, -0.25) is 19.2 Å². The first-order valence-electron chi connectivity index (χ1n) is 10.4. The fourth-order valence-corrected chi connectivity index (χ4v) is 3.12. The van der Waals surface area contributed by atoms with E-state index in [1.54, 1.807) is 13.8 Å². The number of carbonyl (C=O) groups excluding carboxylic acids is 4. The van der Waals surface area contributed by atoms with Gasteiger partial charge in [0.1, 0.15) is 12.2 Å². The van der Waals surface area contributed by atoms with E-state index in [9.17, 15) is 29.4 Å². The van der Waals surface area contributed by atoms with Crippen molar-refractivity contribution < 1.29 is 57.8 Å². The Hall–Kier alpha value is -2.28. The number of aliphatic hydroxyl groups excluding tert-OH is 2. The molecule has 0 radical (unpaired) electrons. The van der Waals surface area contributed by atoms with E-state index in [0.717, 1.165) is 13.8 Å². The van der Waals surface area contributed by atoms with Gasteiger partial charge < -0.3 is 38.6 Å². The Morgan fingerprint density at radius 3 is 1.94 bits per heavy atom. The van der Waals surface area contributed by atoms with Crippen LogP contribution in [0.2, 0.25) is 0 Å². The quantitative estimate of drug-likeness (QED) is 0.164. The minimum atomic E-state index is -1.47. The Morgan fingerprint density at radius 1 is 0.938 bits per heavy atom. The number of hydrogen-bond donors (Lipinski definition) is 2. The highest BCUT2D eigenvalue weighted by atomic mass is 16.7. The van der Waals surface area contributed by atoms with Crippen LogP contribution in [0.3, 0.4) is 0 Å². The van der Waals surface area contributed by atoms with E-state index in [1.165, 1.54) is 0 Å². The molecule has 184 valence electrons. The van der Waals surface area contributed by atoms with Gasteiger partial charge in [0, 0.05) is 20.5 Å². The lowest BCUT2D eigenvalue weighted by atomic mass is 9.98. The summed E-state index contributed by atoms with van der Waals surface area (Å²) >= 11 is 0. The molecule has 0 aromatic carbocycles. The van der Waals surface area contributed by atoms with Crippen LogP contribution in [0, 0.1) is 5.92 Å². The monoisotopic (exact) mass is 464 g/mol. The summed E-state index contributed by atoms with van der Waals surface area (Å²) in [6.45, 7) is 5.01. The Bertz CT molecular complexity index is 618. The van der Waals surface area contributed by atoms with Crippen molar-refractivity contribution in [3.63, 3.8) is 0 Å². The number of carbonyl (C=O) groups is 4. The van der Waals surface area contributed by atoms with Crippen LogP contribution in [0.5, 0.6) is 0 Å². The molecule has 0 amide bonds. The molecular weight excluding hydrogens is 432 g/mol. The summed E-state index contributed by atoms with van der Waals surface area (Å²) in [4.78, 5) is 47.1. The number of rotatable bonds is 12. The van der Waals surface area contributed by atoms with Crippen molar-refractivity contribution in [3.05, 3.63) is 0 Å². The molecule has 0 bridgehead atoms. The Morgan fingerprint density at radius 2 is 1.47 bits per heavy atom. The number of esters is 4. The van der Waals surface area contributed by atoms with E-state index in [0.29, 0.717) is 0 Å². The zero-order valence-corrected chi connectivity index (χ0v) is 18.7. The van der Waals surface area contributed by atoms with Crippen LogP contribution in [0.4, 0.5) is 0 Å². The maximum Gasteiger partial charge on any atom is 0.320 e. The average molecular weight is 464 g/mol. The van der Waals surface area contributed by atoms with Gasteiger partial charge in [-0.05, 0) is 26.7 Å². The summed E-state index contributed by atoms with van der Waals surface area (Å²) in [5.41, 5.74) is 0. The highest BCUT2D eigenvalue weighted by Gasteiger charge is 2.49. The SMILES string of the molecule is CCOC(=O)C(CCCOC1O[C@H](CO)[C@@H](O)[C@H](OC(C)=O)[C@H]1OC(C)=O)C(=O)OCC. The van der Waals surface area contributed by atoms with E-state index in [4.69, 9.17) is 28.4 Å². The predicted octanol–water partition coefficient (Wildman–Crippen LogP) is -0.533. The molecule has 1 rings (SSSR count). The molecule has 0 aliphatic carbocycles. The summed E-state index contributed by atoms with van der Waals surface area (Å²) < 4.78 is 31.1. The van der Waals surface area contributed by atoms with Crippen LogP contribution in [0.25, 0.3) is 0 Å². The van der Waals surface area contributed by atoms with Gasteiger partial charge in [0.2, 0.25) is 0 Å². The summed E-state index contributed by atoms with van der Waals surface area (Å²) in [7, 11) is 0. The Labute approximate surface area is 186 Å². The zero-order chi connectivity index (χ0) is 24.3. The van der Waals surface area contributed by atoms with Gasteiger partial charge in [0.05, 0.1) is 19.8 Å². The third-order valence-electron chi connectivity index (χ3n) is 4.46. The standard InChI is InChI=1S/C20H32O12/c1-5-27-18(25)13(19(26)28-6-2)8-7-9-29-20-17(31-12(4)23)16(30-11(3)22)15(24)14(10-21)32-20/h13-17,20-21,24H,5-10H2,1-4H3/t14-,15-,16+,17-,20?/m1/s1. The van der Waals surface area contributed by atoms with E-state index >= 15 is 0 Å². The molecular formula is C20H32O12. The fraction of sp³-hybridized carbons (Fsp3) is 0.800. The molecule has 1 aliphatic rings. The van der Waals surface area contributed by atoms with E-state index in [1.807, 2.05) is 0 Å². The normalized spacial score (nSPS) is 25.2. The maximum absolute atomic E-state index is 12.0. The molecule has 12 heteroatoms. The molecule has 1 aliphatic heterocycles. The lowest BCUT2D eigenvalue weighted by Gasteiger charge is -2.42. The largest absolute Gasteiger partial charge is 0.465 e. The highest BCUT2D eigenvalue weighted by Crippen LogP contribution is 2.27. The molecule has 12 nitrogen and oxygen atoms in total. The average Bonchev–Trinajstić information content (AvgIpc) is 2.71. The van der Waals surface area contributed by atoms with Crippen molar-refractivity contribution in [2.24, 2.45) is 5.92 Å². The molecule has 32 heavy (non-hydrogen) atoms. The van der Waals surface area contributed by atoms with Crippen molar-refractivity contribution in [1.29, 1.82) is 0 Å². The van der Waals surface area contributed by atoms with E-state index in [-0.39, 0.29) is 32.7 Å². The third-order valence-corrected chi connectivity index (χ3v) is 4.46. The first-order chi connectivity index (χ1) is 15.2.